The van der Waals surface area contributed by atoms with Crippen molar-refractivity contribution in [3.8, 4) is 0 Å². The Morgan fingerprint density at radius 2 is 1.72 bits per heavy atom. The van der Waals surface area contributed by atoms with E-state index in [1.807, 2.05) is 69.3 Å². The summed E-state index contributed by atoms with van der Waals surface area (Å²) in [6.45, 7) is 7.92. The number of halogens is 2. The molecule has 1 unspecified atom stereocenters. The third kappa shape index (κ3) is 7.48. The number of rotatable bonds is 7. The first-order chi connectivity index (χ1) is 13.6. The van der Waals surface area contributed by atoms with Crippen LogP contribution in [0.4, 0.5) is 0 Å². The average Bonchev–Trinajstić information content (AvgIpc) is 2.64. The quantitative estimate of drug-likeness (QED) is 0.580. The van der Waals surface area contributed by atoms with E-state index in [-0.39, 0.29) is 23.8 Å². The van der Waals surface area contributed by atoms with Gasteiger partial charge in [-0.05, 0) is 63.4 Å². The highest BCUT2D eigenvalue weighted by atomic mass is 79.9. The maximum Gasteiger partial charge on any atom is 0.242 e. The van der Waals surface area contributed by atoms with Gasteiger partial charge in [0.05, 0.1) is 0 Å². The summed E-state index contributed by atoms with van der Waals surface area (Å²) in [5.41, 5.74) is 1.53. The Bertz CT molecular complexity index is 847. The van der Waals surface area contributed by atoms with E-state index in [1.54, 1.807) is 11.8 Å². The summed E-state index contributed by atoms with van der Waals surface area (Å²) in [6, 6.07) is 14.7. The molecule has 0 fully saturated rings. The van der Waals surface area contributed by atoms with Crippen LogP contribution in [-0.4, -0.2) is 28.3 Å². The predicted octanol–water partition coefficient (Wildman–Crippen LogP) is 5.37. The number of carbonyl (C=O) groups excluding carboxylic acids is 2. The first kappa shape index (κ1) is 23.4. The van der Waals surface area contributed by atoms with E-state index in [9.17, 15) is 9.59 Å². The van der Waals surface area contributed by atoms with Crippen molar-refractivity contribution < 1.29 is 9.59 Å². The van der Waals surface area contributed by atoms with Gasteiger partial charge >= 0.3 is 0 Å². The van der Waals surface area contributed by atoms with Crippen molar-refractivity contribution in [2.45, 2.75) is 58.7 Å². The molecule has 29 heavy (non-hydrogen) atoms. The number of nitrogens with zero attached hydrogens (tertiary/aromatic N) is 1. The lowest BCUT2D eigenvalue weighted by molar-refractivity contribution is -0.141. The van der Waals surface area contributed by atoms with Gasteiger partial charge in [0.1, 0.15) is 6.04 Å². The standard InChI is InChI=1S/C23H28BrClN2O2/c1-16(22(29)26-23(2,3)4)27(15-17-9-12-19(24)13-10-17)21(28)14-11-18-7-5-6-8-20(18)25/h5-10,12-13,16H,11,14-15H2,1-4H3,(H,26,29). The van der Waals surface area contributed by atoms with Gasteiger partial charge in [-0.2, -0.15) is 0 Å². The summed E-state index contributed by atoms with van der Waals surface area (Å²) >= 11 is 9.65. The SMILES string of the molecule is CC(C(=O)NC(C)(C)C)N(Cc1ccc(Br)cc1)C(=O)CCc1ccccc1Cl. The summed E-state index contributed by atoms with van der Waals surface area (Å²) in [6.07, 6.45) is 0.816. The molecular formula is C23H28BrClN2O2. The molecule has 2 aromatic rings. The van der Waals surface area contributed by atoms with Gasteiger partial charge in [0.2, 0.25) is 11.8 Å². The van der Waals surface area contributed by atoms with Crippen molar-refractivity contribution >= 4 is 39.3 Å². The number of carbonyl (C=O) groups is 2. The lowest BCUT2D eigenvalue weighted by Gasteiger charge is -2.31. The van der Waals surface area contributed by atoms with E-state index in [4.69, 9.17) is 11.6 Å². The highest BCUT2D eigenvalue weighted by Crippen LogP contribution is 2.19. The van der Waals surface area contributed by atoms with Crippen molar-refractivity contribution in [3.05, 3.63) is 69.2 Å². The molecule has 0 aliphatic heterocycles. The fourth-order valence-electron chi connectivity index (χ4n) is 2.93. The summed E-state index contributed by atoms with van der Waals surface area (Å²) < 4.78 is 0.969. The second kappa shape index (κ2) is 10.3. The normalized spacial score (nSPS) is 12.3. The van der Waals surface area contributed by atoms with Gasteiger partial charge in [0.15, 0.2) is 0 Å². The molecule has 1 atom stereocenters. The molecule has 2 aromatic carbocycles. The molecule has 0 heterocycles. The van der Waals surface area contributed by atoms with E-state index in [0.29, 0.717) is 18.0 Å². The monoisotopic (exact) mass is 478 g/mol. The molecule has 0 saturated carbocycles. The molecular weight excluding hydrogens is 452 g/mol. The molecule has 0 bridgehead atoms. The van der Waals surface area contributed by atoms with E-state index < -0.39 is 6.04 Å². The fourth-order valence-corrected chi connectivity index (χ4v) is 3.42. The predicted molar refractivity (Wildman–Crippen MR) is 122 cm³/mol. The lowest BCUT2D eigenvalue weighted by atomic mass is 10.1. The highest BCUT2D eigenvalue weighted by Gasteiger charge is 2.28. The van der Waals surface area contributed by atoms with E-state index in [1.165, 1.54) is 0 Å². The summed E-state index contributed by atoms with van der Waals surface area (Å²) in [4.78, 5) is 27.5. The number of nitrogens with one attached hydrogen (secondary N) is 1. The van der Waals surface area contributed by atoms with E-state index >= 15 is 0 Å². The van der Waals surface area contributed by atoms with Crippen LogP contribution in [0.1, 0.15) is 45.2 Å². The maximum absolute atomic E-state index is 13.1. The number of aryl methyl sites for hydroxylation is 1. The van der Waals surface area contributed by atoms with Crippen molar-refractivity contribution in [1.82, 2.24) is 10.2 Å². The Balaban J connectivity index is 2.18. The second-order valence-electron chi connectivity index (χ2n) is 8.15. The van der Waals surface area contributed by atoms with Gasteiger partial charge in [0, 0.05) is 28.0 Å². The van der Waals surface area contributed by atoms with Crippen molar-refractivity contribution in [2.75, 3.05) is 0 Å². The molecule has 1 N–H and O–H groups in total. The van der Waals surface area contributed by atoms with Crippen LogP contribution in [0, 0.1) is 0 Å². The molecule has 0 saturated heterocycles. The van der Waals surface area contributed by atoms with Crippen LogP contribution in [0.15, 0.2) is 53.0 Å². The fraction of sp³-hybridized carbons (Fsp3) is 0.391. The van der Waals surface area contributed by atoms with Gasteiger partial charge in [-0.25, -0.2) is 0 Å². The number of hydrogen-bond donors (Lipinski definition) is 1. The second-order valence-corrected chi connectivity index (χ2v) is 9.48. The zero-order chi connectivity index (χ0) is 21.6. The van der Waals surface area contributed by atoms with E-state index in [0.717, 1.165) is 15.6 Å². The van der Waals surface area contributed by atoms with Gasteiger partial charge in [0.25, 0.3) is 0 Å². The van der Waals surface area contributed by atoms with Gasteiger partial charge in [-0.3, -0.25) is 9.59 Å². The van der Waals surface area contributed by atoms with Crippen molar-refractivity contribution in [2.24, 2.45) is 0 Å². The molecule has 2 rings (SSSR count). The largest absolute Gasteiger partial charge is 0.350 e. The van der Waals surface area contributed by atoms with Crippen LogP contribution < -0.4 is 5.32 Å². The van der Waals surface area contributed by atoms with Gasteiger partial charge in [-0.1, -0.05) is 57.9 Å². The smallest absolute Gasteiger partial charge is 0.242 e. The van der Waals surface area contributed by atoms with Crippen LogP contribution in [0.2, 0.25) is 5.02 Å². The van der Waals surface area contributed by atoms with Crippen LogP contribution in [0.3, 0.4) is 0 Å². The van der Waals surface area contributed by atoms with Crippen LogP contribution in [-0.2, 0) is 22.6 Å². The minimum atomic E-state index is -0.586. The zero-order valence-corrected chi connectivity index (χ0v) is 19.7. The third-order valence-corrected chi connectivity index (χ3v) is 5.40. The van der Waals surface area contributed by atoms with Gasteiger partial charge in [-0.15, -0.1) is 0 Å². The van der Waals surface area contributed by atoms with E-state index in [2.05, 4.69) is 21.2 Å². The summed E-state index contributed by atoms with van der Waals surface area (Å²) in [5.74, 6) is -0.245. The Morgan fingerprint density at radius 1 is 1.10 bits per heavy atom. The minimum absolute atomic E-state index is 0.0793. The summed E-state index contributed by atoms with van der Waals surface area (Å²) in [5, 5.41) is 3.62. The molecule has 2 amide bonds. The minimum Gasteiger partial charge on any atom is -0.350 e. The number of amides is 2. The Kier molecular flexibility index (Phi) is 8.29. The maximum atomic E-state index is 13.1. The Labute approximate surface area is 186 Å². The molecule has 156 valence electrons. The van der Waals surface area contributed by atoms with Crippen LogP contribution >= 0.6 is 27.5 Å². The third-order valence-electron chi connectivity index (χ3n) is 4.50. The Hall–Kier alpha value is -1.85. The summed E-state index contributed by atoms with van der Waals surface area (Å²) in [7, 11) is 0. The molecule has 0 aliphatic carbocycles. The first-order valence-corrected chi connectivity index (χ1v) is 10.8. The van der Waals surface area contributed by atoms with Crippen LogP contribution in [0.5, 0.6) is 0 Å². The molecule has 4 nitrogen and oxygen atoms in total. The Morgan fingerprint density at radius 3 is 2.31 bits per heavy atom. The topological polar surface area (TPSA) is 49.4 Å². The average molecular weight is 480 g/mol. The molecule has 6 heteroatoms. The van der Waals surface area contributed by atoms with Crippen molar-refractivity contribution in [3.63, 3.8) is 0 Å². The van der Waals surface area contributed by atoms with Crippen LogP contribution in [0.25, 0.3) is 0 Å². The van der Waals surface area contributed by atoms with Crippen molar-refractivity contribution in [1.29, 1.82) is 0 Å². The highest BCUT2D eigenvalue weighted by molar-refractivity contribution is 9.10. The molecule has 0 radical (unpaired) electrons. The zero-order valence-electron chi connectivity index (χ0n) is 17.3. The molecule has 0 aliphatic rings. The molecule has 0 spiro atoms. The first-order valence-electron chi connectivity index (χ1n) is 9.66. The number of benzene rings is 2. The van der Waals surface area contributed by atoms with Gasteiger partial charge < -0.3 is 10.2 Å². The number of hydrogen-bond acceptors (Lipinski definition) is 2. The molecule has 0 aromatic heterocycles. The lowest BCUT2D eigenvalue weighted by Crippen LogP contribution is -2.52.